The van der Waals surface area contributed by atoms with Gasteiger partial charge in [0.25, 0.3) is 0 Å². The Balaban J connectivity index is 2.44. The van der Waals surface area contributed by atoms with Crippen LogP contribution in [0.15, 0.2) is 35.8 Å². The van der Waals surface area contributed by atoms with Gasteiger partial charge in [-0.2, -0.15) is 123 Å². The van der Waals surface area contributed by atoms with Gasteiger partial charge in [-0.05, 0) is 127 Å². The number of aromatic amines is 4. The number of H-pyrrole nitrogens is 4. The molecule has 4 aromatic rings. The van der Waals surface area contributed by atoms with Crippen molar-refractivity contribution in [2.45, 2.75) is 72.1 Å². The Hall–Kier alpha value is -1.52. The molecule has 72 heavy (non-hydrogen) atoms. The van der Waals surface area contributed by atoms with Crippen LogP contribution >= 0.6 is 127 Å². The molecule has 4 aromatic heterocycles. The predicted molar refractivity (Wildman–Crippen MR) is 217 cm³/mol. The van der Waals surface area contributed by atoms with Crippen molar-refractivity contribution in [2.75, 3.05) is 0 Å². The fourth-order valence-corrected chi connectivity index (χ4v) is 10.3. The number of hydrogen-bond acceptors (Lipinski definition) is 0. The molecule has 0 spiro atoms. The van der Waals surface area contributed by atoms with Gasteiger partial charge in [-0.25, -0.2) is 0 Å². The standard InChI is InChI=1S/C32H4Br8F28N4/c33-5-7(35)15-2(22(43,44)26(51,52)30(60,61)62)17-9(37)11(39)19(71-17)4(24(47,48)28(55,56)32(66,67)68)20-12(40)10(38)18(72-20)3(23(45,46)27(53,54)31(63,64)65)16-8(36)6(34)14(70-16)1(13(5)69-15)21(41,42)25(49,50)29(57,58)59/h69-72H. The van der Waals surface area contributed by atoms with E-state index in [4.69, 9.17) is 0 Å². The average molecular weight is 1620 g/mol. The molecule has 0 aliphatic carbocycles. The summed E-state index contributed by atoms with van der Waals surface area (Å²) in [6.07, 6.45) is -30.2. The average Bonchev–Trinajstić information content (AvgIpc) is 3.84. The van der Waals surface area contributed by atoms with E-state index in [1.165, 1.54) is 0 Å². The number of hydrogen-bond donors (Lipinski definition) is 4. The van der Waals surface area contributed by atoms with Gasteiger partial charge >= 0.3 is 72.1 Å². The van der Waals surface area contributed by atoms with Crippen LogP contribution in [-0.4, -0.2) is 92.0 Å². The third-order valence-electron chi connectivity index (χ3n) is 9.78. The molecule has 0 saturated carbocycles. The Morgan fingerprint density at radius 3 is 0.472 bits per heavy atom. The van der Waals surface area contributed by atoms with Crippen LogP contribution in [0.4, 0.5) is 123 Å². The molecule has 5 rings (SSSR count). The van der Waals surface area contributed by atoms with Crippen molar-refractivity contribution in [1.29, 1.82) is 0 Å². The zero-order valence-corrected chi connectivity index (χ0v) is 44.3. The van der Waals surface area contributed by atoms with Crippen LogP contribution in [0.25, 0.3) is 22.3 Å². The number of aromatic nitrogens is 4. The highest BCUT2D eigenvalue weighted by molar-refractivity contribution is 9.14. The van der Waals surface area contributed by atoms with Crippen LogP contribution in [0.3, 0.4) is 0 Å². The van der Waals surface area contributed by atoms with Crippen LogP contribution in [0.5, 0.6) is 0 Å². The minimum Gasteiger partial charge on any atom is -0.353 e. The van der Waals surface area contributed by atoms with E-state index in [0.717, 1.165) is 19.9 Å². The lowest BCUT2D eigenvalue weighted by Crippen LogP contribution is -2.55. The Kier molecular flexibility index (Phi) is 15.3. The highest BCUT2D eigenvalue weighted by Gasteiger charge is 2.79. The summed E-state index contributed by atoms with van der Waals surface area (Å²) in [6, 6.07) is 0. The van der Waals surface area contributed by atoms with Crippen molar-refractivity contribution in [3.63, 3.8) is 0 Å². The van der Waals surface area contributed by atoms with E-state index in [9.17, 15) is 52.7 Å². The summed E-state index contributed by atoms with van der Waals surface area (Å²) in [5.41, 5.74) is -22.7. The van der Waals surface area contributed by atoms with Gasteiger partial charge in [-0.1, -0.05) is 0 Å². The summed E-state index contributed by atoms with van der Waals surface area (Å²) in [6.45, 7) is 0. The lowest BCUT2D eigenvalue weighted by molar-refractivity contribution is -0.339. The van der Waals surface area contributed by atoms with Crippen LogP contribution in [0.2, 0.25) is 0 Å². The van der Waals surface area contributed by atoms with Crippen molar-refractivity contribution >= 4 is 150 Å². The third kappa shape index (κ3) is 8.59. The highest BCUT2D eigenvalue weighted by atomic mass is 79.9. The van der Waals surface area contributed by atoms with Gasteiger partial charge in [0.2, 0.25) is 0 Å². The van der Waals surface area contributed by atoms with Crippen LogP contribution < -0.4 is 21.4 Å². The first-order valence-corrected chi connectivity index (χ1v) is 23.1. The number of fused-ring (bicyclic) bond motifs is 8. The second kappa shape index (κ2) is 18.0. The lowest BCUT2D eigenvalue weighted by atomic mass is 9.98. The summed E-state index contributed by atoms with van der Waals surface area (Å²) < 4.78 is 405. The molecule has 404 valence electrons. The maximum Gasteiger partial charge on any atom is 0.460 e. The largest absolute Gasteiger partial charge is 0.460 e. The molecule has 0 fully saturated rings. The molecular weight excluding hydrogens is 1610 g/mol. The van der Waals surface area contributed by atoms with Gasteiger partial charge in [0.15, 0.2) is 0 Å². The van der Waals surface area contributed by atoms with Gasteiger partial charge in [-0.3, -0.25) is 0 Å². The number of rotatable bonds is 8. The molecule has 1 aliphatic rings. The summed E-state index contributed by atoms with van der Waals surface area (Å²) in [4.78, 5) is 4.25. The van der Waals surface area contributed by atoms with E-state index in [-0.39, 0.29) is 0 Å². The molecule has 4 nitrogen and oxygen atoms in total. The summed E-state index contributed by atoms with van der Waals surface area (Å²) in [7, 11) is 0. The molecule has 4 N–H and O–H groups in total. The summed E-state index contributed by atoms with van der Waals surface area (Å²) in [5.74, 6) is -59.2. The second-order valence-corrected chi connectivity index (χ2v) is 20.4. The van der Waals surface area contributed by atoms with E-state index in [1.54, 1.807) is 0 Å². The SMILES string of the molecule is FC(F)(F)C(F)(F)C(F)(F)C1=c2[nH]c(c(Br)c2Br)=C(C(F)(F)C(F)(F)C(F)(F)F)c2[nH]c(c(Br)c2Br)C(C(F)(F)C(F)(F)C(F)(F)F)=c2[nH]c(c(Br)c2Br)=C(C(F)(F)C(F)(F)C(F)(F)F)c2[nH]c1c(Br)c2Br. The van der Waals surface area contributed by atoms with E-state index in [0.29, 0.717) is 0 Å². The quantitative estimate of drug-likeness (QED) is 0.127. The molecule has 0 unspecified atom stereocenters. The second-order valence-electron chi connectivity index (χ2n) is 14.1. The van der Waals surface area contributed by atoms with E-state index >= 15 is 70.2 Å². The molecule has 0 saturated heterocycles. The molecule has 0 atom stereocenters. The molecule has 0 aromatic carbocycles. The highest BCUT2D eigenvalue weighted by Crippen LogP contribution is 2.59. The van der Waals surface area contributed by atoms with Crippen molar-refractivity contribution in [3.8, 4) is 0 Å². The van der Waals surface area contributed by atoms with Crippen LogP contribution in [0, 0.1) is 0 Å². The fourth-order valence-electron chi connectivity index (χ4n) is 6.29. The van der Waals surface area contributed by atoms with Crippen molar-refractivity contribution in [2.24, 2.45) is 0 Å². The Bertz CT molecular complexity index is 2740. The zero-order valence-electron chi connectivity index (χ0n) is 31.6. The fraction of sp³-hybridized carbons (Fsp3) is 0.375. The zero-order chi connectivity index (χ0) is 56.4. The lowest BCUT2D eigenvalue weighted by Gasteiger charge is -2.30. The molecule has 1 aliphatic heterocycles. The van der Waals surface area contributed by atoms with Crippen LogP contribution in [0.1, 0.15) is 22.8 Å². The predicted octanol–water partition coefficient (Wildman–Crippen LogP) is 15.5. The van der Waals surface area contributed by atoms with Gasteiger partial charge in [0.1, 0.15) is 0 Å². The Labute approximate surface area is 441 Å². The topological polar surface area (TPSA) is 63.2 Å². The minimum atomic E-state index is -7.62. The monoisotopic (exact) mass is 1610 g/mol. The van der Waals surface area contributed by atoms with Crippen molar-refractivity contribution in [3.05, 3.63) is 80.0 Å². The minimum absolute atomic E-state index is 1.06. The van der Waals surface area contributed by atoms with Crippen molar-refractivity contribution < 1.29 is 123 Å². The van der Waals surface area contributed by atoms with Gasteiger partial charge in [0.05, 0.1) is 102 Å². The normalized spacial score (nSPS) is 15.9. The molecule has 40 heteroatoms. The smallest absolute Gasteiger partial charge is 0.353 e. The number of nitrogens with one attached hydrogen (secondary N) is 4. The van der Waals surface area contributed by atoms with Gasteiger partial charge < -0.3 is 19.9 Å². The molecule has 0 radical (unpaired) electrons. The van der Waals surface area contributed by atoms with E-state index in [1.807, 2.05) is 0 Å². The number of halogens is 36. The van der Waals surface area contributed by atoms with E-state index in [2.05, 4.69) is 127 Å². The maximum absolute atomic E-state index is 16.4. The summed E-state index contributed by atoms with van der Waals surface area (Å²) >= 11 is 17.5. The maximum atomic E-state index is 16.4. The molecule has 8 bridgehead atoms. The molecule has 5 heterocycles. The van der Waals surface area contributed by atoms with Gasteiger partial charge in [-0.15, -0.1) is 0 Å². The van der Waals surface area contributed by atoms with Gasteiger partial charge in [0, 0.05) is 0 Å². The first-order chi connectivity index (χ1) is 31.7. The number of alkyl halides is 28. The molecule has 0 amide bonds. The summed E-state index contributed by atoms with van der Waals surface area (Å²) in [5, 5.41) is -9.75. The molecular formula is C32H4Br8F28N4. The van der Waals surface area contributed by atoms with E-state index < -0.39 is 174 Å². The Morgan fingerprint density at radius 1 is 0.208 bits per heavy atom. The van der Waals surface area contributed by atoms with Crippen molar-refractivity contribution in [1.82, 2.24) is 19.9 Å². The third-order valence-corrected chi connectivity index (χ3v) is 18.3. The van der Waals surface area contributed by atoms with Crippen LogP contribution in [-0.2, 0) is 0 Å². The Morgan fingerprint density at radius 2 is 0.347 bits per heavy atom. The first-order valence-electron chi connectivity index (χ1n) is 16.8. The first kappa shape index (κ1) is 61.3.